The van der Waals surface area contributed by atoms with Crippen molar-refractivity contribution in [1.82, 2.24) is 0 Å². The van der Waals surface area contributed by atoms with Gasteiger partial charge in [-0.25, -0.2) is 0 Å². The topological polar surface area (TPSA) is 75.9 Å². The molecule has 90 valence electrons. The number of nitrogens with two attached hydrogens (primary N) is 2. The molecule has 0 fully saturated rings. The minimum atomic E-state index is -0.539. The fraction of sp³-hybridized carbons (Fsp3) is 0.133. The Labute approximate surface area is 106 Å². The summed E-state index contributed by atoms with van der Waals surface area (Å²) in [6, 6.07) is 8.44. The van der Waals surface area contributed by atoms with E-state index in [0.29, 0.717) is 5.71 Å². The van der Waals surface area contributed by atoms with Crippen LogP contribution >= 0.6 is 0 Å². The Morgan fingerprint density at radius 2 is 1.83 bits per heavy atom. The van der Waals surface area contributed by atoms with Crippen molar-refractivity contribution >= 4 is 5.71 Å². The highest BCUT2D eigenvalue weighted by molar-refractivity contribution is 6.02. The predicted molar refractivity (Wildman–Crippen MR) is 73.5 cm³/mol. The molecule has 0 amide bonds. The van der Waals surface area contributed by atoms with Crippen LogP contribution in [0.4, 0.5) is 0 Å². The van der Waals surface area contributed by atoms with E-state index in [2.05, 4.69) is 11.5 Å². The van der Waals surface area contributed by atoms with Gasteiger partial charge in [-0.3, -0.25) is 0 Å². The Morgan fingerprint density at radius 3 is 2.44 bits per heavy atom. The molecule has 0 bridgehead atoms. The molecule has 3 nitrogen and oxygen atoms in total. The van der Waals surface area contributed by atoms with Gasteiger partial charge < -0.3 is 16.9 Å². The van der Waals surface area contributed by atoms with Crippen LogP contribution in [0, 0.1) is 5.41 Å². The van der Waals surface area contributed by atoms with E-state index in [1.807, 2.05) is 36.4 Å². The zero-order valence-electron chi connectivity index (χ0n) is 9.93. The first-order valence-electron chi connectivity index (χ1n) is 5.73. The van der Waals surface area contributed by atoms with Crippen molar-refractivity contribution in [3.05, 3.63) is 71.2 Å². The van der Waals surface area contributed by atoms with Crippen molar-refractivity contribution in [3.63, 3.8) is 0 Å². The zero-order chi connectivity index (χ0) is 13.0. The molecule has 3 heteroatoms. The maximum absolute atomic E-state index is 8.09. The molecule has 0 saturated heterocycles. The molecule has 0 spiro atoms. The van der Waals surface area contributed by atoms with Gasteiger partial charge >= 0.3 is 0 Å². The van der Waals surface area contributed by atoms with E-state index in [9.17, 15) is 0 Å². The Kier molecular flexibility index (Phi) is 3.73. The van der Waals surface area contributed by atoms with Crippen LogP contribution in [0.2, 0.25) is 0 Å². The number of hydrogen-bond donors (Lipinski definition) is 3. The van der Waals surface area contributed by atoms with Crippen LogP contribution in [0.15, 0.2) is 65.6 Å². The molecule has 1 aromatic rings. The van der Waals surface area contributed by atoms with Crippen molar-refractivity contribution in [1.29, 1.82) is 5.41 Å². The Morgan fingerprint density at radius 1 is 1.11 bits per heavy atom. The van der Waals surface area contributed by atoms with E-state index in [1.165, 1.54) is 0 Å². The molecule has 0 radical (unpaired) electrons. The second-order valence-corrected chi connectivity index (χ2v) is 4.10. The quantitative estimate of drug-likeness (QED) is 0.548. The van der Waals surface area contributed by atoms with Crippen molar-refractivity contribution in [2.24, 2.45) is 11.5 Å². The summed E-state index contributed by atoms with van der Waals surface area (Å²) in [7, 11) is 0. The summed E-state index contributed by atoms with van der Waals surface area (Å²) in [4.78, 5) is 0. The van der Waals surface area contributed by atoms with Crippen LogP contribution in [0.25, 0.3) is 0 Å². The van der Waals surface area contributed by atoms with E-state index in [0.717, 1.165) is 11.1 Å². The average molecular weight is 237 g/mol. The molecule has 1 aliphatic rings. The van der Waals surface area contributed by atoms with Crippen molar-refractivity contribution < 1.29 is 0 Å². The van der Waals surface area contributed by atoms with Crippen LogP contribution in [0.3, 0.4) is 0 Å². The largest absolute Gasteiger partial charge is 0.322 e. The third-order valence-corrected chi connectivity index (χ3v) is 2.87. The highest BCUT2D eigenvalue weighted by atomic mass is 14.8. The zero-order valence-corrected chi connectivity index (χ0v) is 9.93. The van der Waals surface area contributed by atoms with Gasteiger partial charge in [0.25, 0.3) is 0 Å². The number of allylic oxidation sites excluding steroid dienone is 2. The average Bonchev–Trinajstić information content (AvgIpc) is 2.47. The maximum atomic E-state index is 8.09. The lowest BCUT2D eigenvalue weighted by atomic mass is 9.92. The molecule has 5 N–H and O–H groups in total. The molecule has 0 aliphatic heterocycles. The Balaban J connectivity index is 2.15. The van der Waals surface area contributed by atoms with E-state index in [1.54, 1.807) is 12.2 Å². The number of hydrogen-bond acceptors (Lipinski definition) is 3. The van der Waals surface area contributed by atoms with Crippen LogP contribution in [-0.4, -0.2) is 17.8 Å². The Bertz CT molecular complexity index is 571. The summed E-state index contributed by atoms with van der Waals surface area (Å²) < 4.78 is 0. The van der Waals surface area contributed by atoms with Gasteiger partial charge in [-0.1, -0.05) is 41.8 Å². The first kappa shape index (κ1) is 12.3. The molecule has 1 unspecified atom stereocenters. The second-order valence-electron chi connectivity index (χ2n) is 4.10. The molecule has 1 aromatic carbocycles. The molecular formula is C15H15N3. The molecule has 0 heterocycles. The third-order valence-electron chi connectivity index (χ3n) is 2.87. The highest BCUT2D eigenvalue weighted by Crippen LogP contribution is 2.11. The molecule has 0 saturated carbocycles. The third kappa shape index (κ3) is 2.57. The second kappa shape index (κ2) is 5.46. The van der Waals surface area contributed by atoms with Crippen molar-refractivity contribution in [2.75, 3.05) is 0 Å². The molecule has 2 rings (SSSR count). The number of nitrogens with one attached hydrogen (secondary N) is 1. The van der Waals surface area contributed by atoms with Crippen LogP contribution in [-0.2, 0) is 0 Å². The molecular weight excluding hydrogens is 222 g/mol. The fourth-order valence-electron chi connectivity index (χ4n) is 1.76. The van der Waals surface area contributed by atoms with Gasteiger partial charge in [0.1, 0.15) is 0 Å². The van der Waals surface area contributed by atoms with E-state index < -0.39 is 12.1 Å². The van der Waals surface area contributed by atoms with E-state index in [-0.39, 0.29) is 0 Å². The minimum absolute atomic E-state index is 0.343. The van der Waals surface area contributed by atoms with E-state index in [4.69, 9.17) is 16.9 Å². The van der Waals surface area contributed by atoms with Crippen LogP contribution < -0.4 is 11.5 Å². The fourth-order valence-corrected chi connectivity index (χ4v) is 1.76. The van der Waals surface area contributed by atoms with Gasteiger partial charge in [-0.05, 0) is 29.4 Å². The maximum Gasteiger partial charge on any atom is 0.0665 e. The van der Waals surface area contributed by atoms with Gasteiger partial charge in [-0.15, -0.1) is 0 Å². The first-order chi connectivity index (χ1) is 8.70. The summed E-state index contributed by atoms with van der Waals surface area (Å²) in [5.74, 6) is 0. The van der Waals surface area contributed by atoms with Gasteiger partial charge in [0.15, 0.2) is 0 Å². The summed E-state index contributed by atoms with van der Waals surface area (Å²) in [5.41, 5.74) is 19.8. The lowest BCUT2D eigenvalue weighted by Crippen LogP contribution is -2.48. The molecule has 18 heavy (non-hydrogen) atoms. The summed E-state index contributed by atoms with van der Waals surface area (Å²) >= 11 is 0. The van der Waals surface area contributed by atoms with Gasteiger partial charge in [0.05, 0.1) is 17.8 Å². The summed E-state index contributed by atoms with van der Waals surface area (Å²) in [5, 5.41) is 8.09. The standard InChI is InChI=1S/C15H15N3/c16-13(11-7-3-1-4-8-11)15(18)14(17)12-9-5-2-6-10-12/h1,3-5,7-10,14-16H,17-18H2/t14?,15-/m1/s1. The van der Waals surface area contributed by atoms with Gasteiger partial charge in [0.2, 0.25) is 0 Å². The van der Waals surface area contributed by atoms with Crippen molar-refractivity contribution in [2.45, 2.75) is 12.1 Å². The number of rotatable bonds is 4. The van der Waals surface area contributed by atoms with Crippen LogP contribution in [0.1, 0.15) is 5.56 Å². The van der Waals surface area contributed by atoms with E-state index >= 15 is 0 Å². The SMILES string of the molecule is N=C(c1ccccc1)[C@@H](N)C(N)C1=CC=C=C=C1. The normalized spacial score (nSPS) is 16.2. The summed E-state index contributed by atoms with van der Waals surface area (Å²) in [6.45, 7) is 0. The minimum Gasteiger partial charge on any atom is -0.322 e. The first-order valence-corrected chi connectivity index (χ1v) is 5.73. The molecule has 0 aromatic heterocycles. The summed E-state index contributed by atoms with van der Waals surface area (Å²) in [6.07, 6.45) is 5.34. The molecule has 2 atom stereocenters. The highest BCUT2D eigenvalue weighted by Gasteiger charge is 2.21. The predicted octanol–water partition coefficient (Wildman–Crippen LogP) is 1.52. The number of benzene rings is 1. The lowest BCUT2D eigenvalue weighted by Gasteiger charge is -2.21. The monoisotopic (exact) mass is 237 g/mol. The molecule has 1 aliphatic carbocycles. The van der Waals surface area contributed by atoms with Crippen molar-refractivity contribution in [3.8, 4) is 0 Å². The lowest BCUT2D eigenvalue weighted by molar-refractivity contribution is 0.710. The Hall–Kier alpha value is -2.15. The van der Waals surface area contributed by atoms with Gasteiger partial charge in [-0.2, -0.15) is 0 Å². The van der Waals surface area contributed by atoms with Crippen LogP contribution in [0.5, 0.6) is 0 Å². The van der Waals surface area contributed by atoms with Gasteiger partial charge in [0, 0.05) is 0 Å². The smallest absolute Gasteiger partial charge is 0.0665 e.